The molecule has 0 saturated carbocycles. The fourth-order valence-corrected chi connectivity index (χ4v) is 2.92. The average Bonchev–Trinajstić information content (AvgIpc) is 2.68. The Hall–Kier alpha value is -3.32. The highest BCUT2D eigenvalue weighted by molar-refractivity contribution is 5.90. The first kappa shape index (κ1) is 19.4. The summed E-state index contributed by atoms with van der Waals surface area (Å²) >= 11 is 0. The molecular formula is C21H22N4O3. The van der Waals surface area contributed by atoms with E-state index in [0.717, 1.165) is 11.1 Å². The number of carbonyl (C=O) groups excluding carboxylic acids is 1. The molecule has 0 atom stereocenters. The zero-order chi connectivity index (χ0) is 19.9. The summed E-state index contributed by atoms with van der Waals surface area (Å²) in [5.74, 6) is 0.333. The quantitative estimate of drug-likeness (QED) is 0.659. The fourth-order valence-electron chi connectivity index (χ4n) is 2.92. The molecule has 3 rings (SSSR count). The number of rotatable bonds is 7. The van der Waals surface area contributed by atoms with Crippen LogP contribution in [0.25, 0.3) is 11.4 Å². The van der Waals surface area contributed by atoms with Crippen LogP contribution in [0.15, 0.2) is 53.6 Å². The summed E-state index contributed by atoms with van der Waals surface area (Å²) in [5, 5.41) is 2.85. The molecule has 1 amide bonds. The van der Waals surface area contributed by atoms with Gasteiger partial charge in [0.15, 0.2) is 0 Å². The lowest BCUT2D eigenvalue weighted by atomic mass is 10.1. The van der Waals surface area contributed by atoms with E-state index in [9.17, 15) is 9.59 Å². The molecule has 7 heteroatoms. The number of anilines is 1. The number of carbonyl (C=O) groups is 1. The van der Waals surface area contributed by atoms with Gasteiger partial charge in [-0.05, 0) is 43.2 Å². The van der Waals surface area contributed by atoms with Gasteiger partial charge in [0.25, 0.3) is 5.56 Å². The summed E-state index contributed by atoms with van der Waals surface area (Å²) in [6.45, 7) is 2.26. The molecule has 0 aliphatic heterocycles. The minimum Gasteiger partial charge on any atom is -0.380 e. The Morgan fingerprint density at radius 3 is 2.71 bits per heavy atom. The number of nitrogens with one attached hydrogen (secondary N) is 2. The Balaban J connectivity index is 1.66. The molecule has 0 spiro atoms. The Kier molecular flexibility index (Phi) is 6.29. The highest BCUT2D eigenvalue weighted by atomic mass is 16.5. The van der Waals surface area contributed by atoms with Crippen molar-refractivity contribution < 1.29 is 9.53 Å². The molecule has 1 aromatic carbocycles. The van der Waals surface area contributed by atoms with Crippen LogP contribution in [0.5, 0.6) is 0 Å². The zero-order valence-corrected chi connectivity index (χ0v) is 15.9. The molecule has 0 bridgehead atoms. The second-order valence-electron chi connectivity index (χ2n) is 6.40. The summed E-state index contributed by atoms with van der Waals surface area (Å²) in [6, 6.07) is 11.0. The summed E-state index contributed by atoms with van der Waals surface area (Å²) in [6.07, 6.45) is 3.79. The van der Waals surface area contributed by atoms with Crippen molar-refractivity contribution in [3.8, 4) is 11.4 Å². The number of aromatic amines is 1. The zero-order valence-electron chi connectivity index (χ0n) is 15.9. The minimum absolute atomic E-state index is 0.161. The van der Waals surface area contributed by atoms with E-state index in [-0.39, 0.29) is 17.9 Å². The maximum Gasteiger partial charge on any atom is 0.254 e. The van der Waals surface area contributed by atoms with Crippen LogP contribution in [0.1, 0.15) is 23.2 Å². The van der Waals surface area contributed by atoms with Crippen molar-refractivity contribution in [3.05, 3.63) is 76.0 Å². The first-order valence-corrected chi connectivity index (χ1v) is 8.94. The number of ether oxygens (including phenoxy) is 1. The number of amides is 1. The fraction of sp³-hybridized carbons (Fsp3) is 0.238. The van der Waals surface area contributed by atoms with Gasteiger partial charge in [0.05, 0.1) is 6.61 Å². The number of aromatic nitrogens is 3. The predicted molar refractivity (Wildman–Crippen MR) is 107 cm³/mol. The molecule has 144 valence electrons. The van der Waals surface area contributed by atoms with Crippen LogP contribution in [0, 0.1) is 6.92 Å². The Labute approximate surface area is 162 Å². The van der Waals surface area contributed by atoms with E-state index in [1.807, 2.05) is 24.3 Å². The molecule has 2 aromatic heterocycles. The monoisotopic (exact) mass is 378 g/mol. The molecule has 28 heavy (non-hydrogen) atoms. The van der Waals surface area contributed by atoms with Gasteiger partial charge in [-0.15, -0.1) is 0 Å². The number of H-pyrrole nitrogens is 1. The molecule has 0 radical (unpaired) electrons. The average molecular weight is 378 g/mol. The smallest absolute Gasteiger partial charge is 0.254 e. The number of hydrogen-bond acceptors (Lipinski definition) is 5. The van der Waals surface area contributed by atoms with E-state index in [2.05, 4.69) is 20.3 Å². The van der Waals surface area contributed by atoms with Crippen molar-refractivity contribution in [2.75, 3.05) is 12.4 Å². The van der Waals surface area contributed by atoms with Gasteiger partial charge in [-0.3, -0.25) is 14.6 Å². The lowest BCUT2D eigenvalue weighted by molar-refractivity contribution is -0.116. The van der Waals surface area contributed by atoms with Crippen LogP contribution in [-0.4, -0.2) is 28.0 Å². The minimum atomic E-state index is -0.228. The third kappa shape index (κ3) is 4.89. The number of hydrogen-bond donors (Lipinski definition) is 2. The van der Waals surface area contributed by atoms with Crippen LogP contribution in [0.4, 0.5) is 5.69 Å². The summed E-state index contributed by atoms with van der Waals surface area (Å²) in [7, 11) is 1.62. The number of benzene rings is 1. The second kappa shape index (κ2) is 9.05. The van der Waals surface area contributed by atoms with Crippen molar-refractivity contribution in [2.24, 2.45) is 0 Å². The molecular weight excluding hydrogens is 356 g/mol. The van der Waals surface area contributed by atoms with Crippen molar-refractivity contribution in [2.45, 2.75) is 26.4 Å². The van der Waals surface area contributed by atoms with E-state index in [1.165, 1.54) is 0 Å². The van der Waals surface area contributed by atoms with E-state index in [1.54, 1.807) is 38.6 Å². The molecule has 3 aromatic rings. The van der Waals surface area contributed by atoms with Crippen LogP contribution in [0.2, 0.25) is 0 Å². The number of pyridine rings is 1. The summed E-state index contributed by atoms with van der Waals surface area (Å²) < 4.78 is 5.10. The Morgan fingerprint density at radius 1 is 1.21 bits per heavy atom. The van der Waals surface area contributed by atoms with E-state index in [4.69, 9.17) is 4.74 Å². The van der Waals surface area contributed by atoms with Gasteiger partial charge in [-0.25, -0.2) is 4.98 Å². The van der Waals surface area contributed by atoms with Crippen LogP contribution in [0.3, 0.4) is 0 Å². The summed E-state index contributed by atoms with van der Waals surface area (Å²) in [4.78, 5) is 36.0. The van der Waals surface area contributed by atoms with Gasteiger partial charge in [-0.1, -0.05) is 12.1 Å². The molecule has 0 saturated heterocycles. The molecule has 0 fully saturated rings. The van der Waals surface area contributed by atoms with Gasteiger partial charge < -0.3 is 15.0 Å². The topological polar surface area (TPSA) is 97.0 Å². The molecule has 0 aliphatic carbocycles. The van der Waals surface area contributed by atoms with E-state index < -0.39 is 0 Å². The molecule has 0 aliphatic rings. The number of methoxy groups -OCH3 is 1. The molecule has 2 heterocycles. The van der Waals surface area contributed by atoms with Crippen molar-refractivity contribution >= 4 is 11.6 Å². The normalized spacial score (nSPS) is 10.6. The predicted octanol–water partition coefficient (Wildman–Crippen LogP) is 2.86. The van der Waals surface area contributed by atoms with Gasteiger partial charge in [0.1, 0.15) is 5.82 Å². The van der Waals surface area contributed by atoms with Gasteiger partial charge in [0, 0.05) is 48.4 Å². The van der Waals surface area contributed by atoms with Crippen LogP contribution >= 0.6 is 0 Å². The SMILES string of the molecule is COCc1cccc(NC(=O)CCc2c(C)nc(-c3ccncc3)[nH]c2=O)c1. The highest BCUT2D eigenvalue weighted by Gasteiger charge is 2.12. The van der Waals surface area contributed by atoms with Gasteiger partial charge in [0.2, 0.25) is 5.91 Å². The molecule has 0 unspecified atom stereocenters. The highest BCUT2D eigenvalue weighted by Crippen LogP contribution is 2.15. The van der Waals surface area contributed by atoms with Gasteiger partial charge in [-0.2, -0.15) is 0 Å². The number of nitrogens with zero attached hydrogens (tertiary/aromatic N) is 2. The summed E-state index contributed by atoms with van der Waals surface area (Å²) in [5.41, 5.74) is 3.37. The van der Waals surface area contributed by atoms with E-state index in [0.29, 0.717) is 35.8 Å². The largest absolute Gasteiger partial charge is 0.380 e. The Morgan fingerprint density at radius 2 is 2.00 bits per heavy atom. The van der Waals surface area contributed by atoms with Gasteiger partial charge >= 0.3 is 0 Å². The first-order valence-electron chi connectivity index (χ1n) is 8.94. The lowest BCUT2D eigenvalue weighted by Crippen LogP contribution is -2.20. The molecule has 2 N–H and O–H groups in total. The molecule has 7 nitrogen and oxygen atoms in total. The van der Waals surface area contributed by atoms with Crippen LogP contribution in [-0.2, 0) is 22.6 Å². The van der Waals surface area contributed by atoms with Crippen molar-refractivity contribution in [1.29, 1.82) is 0 Å². The van der Waals surface area contributed by atoms with Crippen molar-refractivity contribution in [3.63, 3.8) is 0 Å². The first-order chi connectivity index (χ1) is 13.6. The Bertz CT molecular complexity index is 1020. The van der Waals surface area contributed by atoms with Crippen molar-refractivity contribution in [1.82, 2.24) is 15.0 Å². The maximum atomic E-state index is 12.5. The third-order valence-corrected chi connectivity index (χ3v) is 4.30. The second-order valence-corrected chi connectivity index (χ2v) is 6.40. The number of aryl methyl sites for hydroxylation is 1. The third-order valence-electron chi connectivity index (χ3n) is 4.30. The maximum absolute atomic E-state index is 12.5. The van der Waals surface area contributed by atoms with Crippen LogP contribution < -0.4 is 10.9 Å². The lowest BCUT2D eigenvalue weighted by Gasteiger charge is -2.09. The standard InChI is InChI=1S/C21H22N4O3/c1-14-18(21(27)25-20(23-14)16-8-10-22-11-9-16)6-7-19(26)24-17-5-3-4-15(12-17)13-28-2/h3-5,8-12H,6-7,13H2,1-2H3,(H,24,26)(H,23,25,27). The van der Waals surface area contributed by atoms with E-state index >= 15 is 0 Å².